The van der Waals surface area contributed by atoms with Gasteiger partial charge < -0.3 is 5.73 Å². The number of benzene rings is 2. The molecule has 0 bridgehead atoms. The first-order chi connectivity index (χ1) is 9.62. The molecule has 0 heterocycles. The summed E-state index contributed by atoms with van der Waals surface area (Å²) in [5.74, 6) is 0. The van der Waals surface area contributed by atoms with E-state index < -0.39 is 10.0 Å². The van der Waals surface area contributed by atoms with Gasteiger partial charge in [-0.3, -0.25) is 0 Å². The van der Waals surface area contributed by atoms with Gasteiger partial charge in [-0.25, -0.2) is 13.1 Å². The Bertz CT molecular complexity index is 637. The Hall–Kier alpha value is -1.69. The molecular weight excluding hydrogens is 272 g/mol. The number of hydrogen-bond donors (Lipinski definition) is 2. The van der Waals surface area contributed by atoms with Gasteiger partial charge in [0.15, 0.2) is 0 Å². The highest BCUT2D eigenvalue weighted by Gasteiger charge is 2.12. The Morgan fingerprint density at radius 2 is 1.55 bits per heavy atom. The van der Waals surface area contributed by atoms with Gasteiger partial charge in [0.2, 0.25) is 10.0 Å². The van der Waals surface area contributed by atoms with E-state index in [0.29, 0.717) is 19.5 Å². The quantitative estimate of drug-likeness (QED) is 0.850. The molecule has 0 aromatic heterocycles. The fraction of sp³-hybridized carbons (Fsp3) is 0.200. The summed E-state index contributed by atoms with van der Waals surface area (Å²) in [7, 11) is -3.45. The van der Waals surface area contributed by atoms with E-state index in [9.17, 15) is 8.42 Å². The van der Waals surface area contributed by atoms with Crippen molar-refractivity contribution in [2.75, 3.05) is 6.54 Å². The van der Waals surface area contributed by atoms with Crippen LogP contribution in [0.25, 0.3) is 0 Å². The van der Waals surface area contributed by atoms with Crippen molar-refractivity contribution in [2.45, 2.75) is 17.9 Å². The molecule has 0 amide bonds. The zero-order valence-electron chi connectivity index (χ0n) is 11.1. The predicted molar refractivity (Wildman–Crippen MR) is 79.7 cm³/mol. The van der Waals surface area contributed by atoms with Crippen molar-refractivity contribution in [1.82, 2.24) is 4.72 Å². The summed E-state index contributed by atoms with van der Waals surface area (Å²) in [6.45, 7) is 0.784. The van der Waals surface area contributed by atoms with Gasteiger partial charge in [0, 0.05) is 13.1 Å². The van der Waals surface area contributed by atoms with E-state index >= 15 is 0 Å². The van der Waals surface area contributed by atoms with Gasteiger partial charge >= 0.3 is 0 Å². The summed E-state index contributed by atoms with van der Waals surface area (Å²) in [5.41, 5.74) is 7.50. The summed E-state index contributed by atoms with van der Waals surface area (Å²) in [6.07, 6.45) is 0.668. The molecule has 0 unspecified atom stereocenters. The lowest BCUT2D eigenvalue weighted by atomic mass is 10.2. The molecule has 4 nitrogen and oxygen atoms in total. The largest absolute Gasteiger partial charge is 0.326 e. The summed E-state index contributed by atoms with van der Waals surface area (Å²) in [5, 5.41) is 0. The van der Waals surface area contributed by atoms with E-state index in [4.69, 9.17) is 5.73 Å². The monoisotopic (exact) mass is 290 g/mol. The molecule has 0 fully saturated rings. The molecule has 20 heavy (non-hydrogen) atoms. The maximum absolute atomic E-state index is 12.1. The van der Waals surface area contributed by atoms with Crippen LogP contribution in [0.15, 0.2) is 59.5 Å². The van der Waals surface area contributed by atoms with E-state index in [1.54, 1.807) is 24.3 Å². The van der Waals surface area contributed by atoms with E-state index in [-0.39, 0.29) is 4.90 Å². The lowest BCUT2D eigenvalue weighted by molar-refractivity contribution is 0.581. The molecule has 0 saturated heterocycles. The second kappa shape index (κ2) is 6.65. The van der Waals surface area contributed by atoms with Crippen molar-refractivity contribution < 1.29 is 8.42 Å². The lowest BCUT2D eigenvalue weighted by Crippen LogP contribution is -2.26. The highest BCUT2D eigenvalue weighted by Crippen LogP contribution is 2.10. The summed E-state index contributed by atoms with van der Waals surface area (Å²) >= 11 is 0. The highest BCUT2D eigenvalue weighted by atomic mass is 32.2. The van der Waals surface area contributed by atoms with Gasteiger partial charge in [-0.1, -0.05) is 42.5 Å². The third kappa shape index (κ3) is 3.90. The van der Waals surface area contributed by atoms with Crippen molar-refractivity contribution >= 4 is 10.0 Å². The molecule has 2 aromatic carbocycles. The van der Waals surface area contributed by atoms with Crippen molar-refractivity contribution in [3.63, 3.8) is 0 Å². The number of rotatable bonds is 6. The second-order valence-corrected chi connectivity index (χ2v) is 6.25. The average molecular weight is 290 g/mol. The Kier molecular flexibility index (Phi) is 4.89. The van der Waals surface area contributed by atoms with E-state index in [0.717, 1.165) is 11.1 Å². The van der Waals surface area contributed by atoms with Crippen molar-refractivity contribution in [2.24, 2.45) is 5.73 Å². The first kappa shape index (κ1) is 14.7. The molecule has 0 saturated carbocycles. The van der Waals surface area contributed by atoms with Crippen LogP contribution in [0.5, 0.6) is 0 Å². The summed E-state index contributed by atoms with van der Waals surface area (Å²) in [4.78, 5) is 0.266. The zero-order valence-corrected chi connectivity index (χ0v) is 11.9. The molecule has 0 aliphatic rings. The minimum absolute atomic E-state index is 0.266. The Morgan fingerprint density at radius 1 is 0.900 bits per heavy atom. The van der Waals surface area contributed by atoms with Gasteiger partial charge in [-0.15, -0.1) is 0 Å². The molecule has 0 aliphatic heterocycles. The SMILES string of the molecule is NCc1ccc(S(=O)(=O)NCCc2ccccc2)cc1. The molecule has 0 radical (unpaired) electrons. The third-order valence-corrected chi connectivity index (χ3v) is 4.49. The molecule has 2 aromatic rings. The number of sulfonamides is 1. The maximum atomic E-state index is 12.1. The number of nitrogens with one attached hydrogen (secondary N) is 1. The minimum atomic E-state index is -3.45. The highest BCUT2D eigenvalue weighted by molar-refractivity contribution is 7.89. The zero-order chi connectivity index (χ0) is 14.4. The molecular formula is C15H18N2O2S. The molecule has 0 atom stereocenters. The Balaban J connectivity index is 1.96. The van der Waals surface area contributed by atoms with Gasteiger partial charge in [0.1, 0.15) is 0 Å². The molecule has 5 heteroatoms. The van der Waals surface area contributed by atoms with Crippen LogP contribution in [0.3, 0.4) is 0 Å². The molecule has 0 spiro atoms. The van der Waals surface area contributed by atoms with Gasteiger partial charge in [0.25, 0.3) is 0 Å². The van der Waals surface area contributed by atoms with Crippen molar-refractivity contribution in [3.8, 4) is 0 Å². The standard InChI is InChI=1S/C15H18N2O2S/c16-12-14-6-8-15(9-7-14)20(18,19)17-11-10-13-4-2-1-3-5-13/h1-9,17H,10-12,16H2. The molecule has 0 aliphatic carbocycles. The predicted octanol–water partition coefficient (Wildman–Crippen LogP) is 1.67. The van der Waals surface area contributed by atoms with Crippen LogP contribution in [0.2, 0.25) is 0 Å². The fourth-order valence-corrected chi connectivity index (χ4v) is 2.89. The summed E-state index contributed by atoms with van der Waals surface area (Å²) < 4.78 is 26.8. The Labute approximate surface area is 119 Å². The fourth-order valence-electron chi connectivity index (χ4n) is 1.86. The van der Waals surface area contributed by atoms with E-state index in [1.807, 2.05) is 30.3 Å². The van der Waals surface area contributed by atoms with Crippen molar-refractivity contribution in [1.29, 1.82) is 0 Å². The van der Waals surface area contributed by atoms with Gasteiger partial charge in [-0.2, -0.15) is 0 Å². The van der Waals surface area contributed by atoms with Crippen LogP contribution in [0, 0.1) is 0 Å². The molecule has 3 N–H and O–H groups in total. The van der Waals surface area contributed by atoms with Crippen LogP contribution < -0.4 is 10.5 Å². The smallest absolute Gasteiger partial charge is 0.240 e. The molecule has 106 valence electrons. The number of nitrogens with two attached hydrogens (primary N) is 1. The van der Waals surface area contributed by atoms with Crippen molar-refractivity contribution in [3.05, 3.63) is 65.7 Å². The topological polar surface area (TPSA) is 72.2 Å². The van der Waals surface area contributed by atoms with Crippen LogP contribution in [0.4, 0.5) is 0 Å². The van der Waals surface area contributed by atoms with Gasteiger partial charge in [0.05, 0.1) is 4.90 Å². The van der Waals surface area contributed by atoms with E-state index in [1.165, 1.54) is 0 Å². The first-order valence-electron chi connectivity index (χ1n) is 6.44. The van der Waals surface area contributed by atoms with Crippen LogP contribution >= 0.6 is 0 Å². The third-order valence-electron chi connectivity index (χ3n) is 3.02. The van der Waals surface area contributed by atoms with Crippen LogP contribution in [0.1, 0.15) is 11.1 Å². The Morgan fingerprint density at radius 3 is 2.15 bits per heavy atom. The lowest BCUT2D eigenvalue weighted by Gasteiger charge is -2.07. The second-order valence-electron chi connectivity index (χ2n) is 4.48. The molecule has 2 rings (SSSR count). The summed E-state index contributed by atoms with van der Waals surface area (Å²) in [6, 6.07) is 16.4. The van der Waals surface area contributed by atoms with Crippen LogP contribution in [-0.4, -0.2) is 15.0 Å². The normalized spacial score (nSPS) is 11.4. The van der Waals surface area contributed by atoms with Gasteiger partial charge in [-0.05, 0) is 29.7 Å². The number of hydrogen-bond acceptors (Lipinski definition) is 3. The minimum Gasteiger partial charge on any atom is -0.326 e. The average Bonchev–Trinajstić information content (AvgIpc) is 2.48. The first-order valence-corrected chi connectivity index (χ1v) is 7.93. The van der Waals surface area contributed by atoms with E-state index in [2.05, 4.69) is 4.72 Å². The maximum Gasteiger partial charge on any atom is 0.240 e. The van der Waals surface area contributed by atoms with Crippen LogP contribution in [-0.2, 0) is 23.0 Å².